The molecule has 2 heterocycles. The van der Waals surface area contributed by atoms with Crippen LogP contribution >= 0.6 is 11.6 Å². The summed E-state index contributed by atoms with van der Waals surface area (Å²) < 4.78 is 5.45. The van der Waals surface area contributed by atoms with Crippen LogP contribution in [0.5, 0.6) is 0 Å². The SMILES string of the molecule is Cc1ccccc1C(NC(=O)C1CCN(Cc2nc(-c3ccccc3Cl)no2)CC1)C(C)C. The van der Waals surface area contributed by atoms with Gasteiger partial charge in [0.15, 0.2) is 0 Å². The smallest absolute Gasteiger partial charge is 0.241 e. The molecular formula is C26H31ClN4O2. The summed E-state index contributed by atoms with van der Waals surface area (Å²) in [5.74, 6) is 1.55. The number of carbonyl (C=O) groups is 1. The molecule has 0 spiro atoms. The average Bonchev–Trinajstić information content (AvgIpc) is 3.26. The van der Waals surface area contributed by atoms with Gasteiger partial charge in [0, 0.05) is 11.5 Å². The molecule has 1 unspecified atom stereocenters. The number of nitrogens with one attached hydrogen (secondary N) is 1. The summed E-state index contributed by atoms with van der Waals surface area (Å²) in [4.78, 5) is 19.8. The predicted octanol–water partition coefficient (Wildman–Crippen LogP) is 5.42. The number of aryl methyl sites for hydroxylation is 1. The summed E-state index contributed by atoms with van der Waals surface area (Å²) in [6.07, 6.45) is 1.63. The van der Waals surface area contributed by atoms with Gasteiger partial charge in [-0.1, -0.05) is 67.0 Å². The van der Waals surface area contributed by atoms with E-state index in [1.54, 1.807) is 0 Å². The van der Waals surface area contributed by atoms with Crippen molar-refractivity contribution in [2.75, 3.05) is 13.1 Å². The summed E-state index contributed by atoms with van der Waals surface area (Å²) in [6.45, 7) is 8.62. The molecule has 7 heteroatoms. The summed E-state index contributed by atoms with van der Waals surface area (Å²) >= 11 is 6.24. The van der Waals surface area contributed by atoms with Crippen molar-refractivity contribution >= 4 is 17.5 Å². The van der Waals surface area contributed by atoms with Crippen molar-refractivity contribution < 1.29 is 9.32 Å². The van der Waals surface area contributed by atoms with Crippen LogP contribution in [-0.2, 0) is 11.3 Å². The van der Waals surface area contributed by atoms with E-state index in [4.69, 9.17) is 16.1 Å². The minimum Gasteiger partial charge on any atom is -0.349 e. The first-order valence-corrected chi connectivity index (χ1v) is 12.0. The van der Waals surface area contributed by atoms with E-state index >= 15 is 0 Å². The lowest BCUT2D eigenvalue weighted by Gasteiger charge is -2.32. The lowest BCUT2D eigenvalue weighted by Crippen LogP contribution is -2.42. The highest BCUT2D eigenvalue weighted by Gasteiger charge is 2.29. The Morgan fingerprint density at radius 2 is 1.85 bits per heavy atom. The van der Waals surface area contributed by atoms with Crippen molar-refractivity contribution in [3.8, 4) is 11.4 Å². The molecule has 1 N–H and O–H groups in total. The van der Waals surface area contributed by atoms with Crippen LogP contribution in [0.15, 0.2) is 53.1 Å². The van der Waals surface area contributed by atoms with Crippen LogP contribution in [0.2, 0.25) is 5.02 Å². The Hall–Kier alpha value is -2.70. The molecule has 0 aliphatic carbocycles. The van der Waals surface area contributed by atoms with E-state index in [0.717, 1.165) is 31.5 Å². The number of piperidine rings is 1. The largest absolute Gasteiger partial charge is 0.349 e. The number of carbonyl (C=O) groups excluding carboxylic acids is 1. The van der Waals surface area contributed by atoms with Crippen molar-refractivity contribution in [2.45, 2.75) is 46.2 Å². The van der Waals surface area contributed by atoms with Crippen molar-refractivity contribution in [3.63, 3.8) is 0 Å². The monoisotopic (exact) mass is 466 g/mol. The zero-order chi connectivity index (χ0) is 23.4. The number of amides is 1. The first-order valence-electron chi connectivity index (χ1n) is 11.6. The fraction of sp³-hybridized carbons (Fsp3) is 0.423. The topological polar surface area (TPSA) is 71.3 Å². The molecule has 0 saturated carbocycles. The standard InChI is InChI=1S/C26H31ClN4O2/c1-17(2)24(20-9-5-4-8-18(20)3)29-26(32)19-12-14-31(15-13-19)16-23-28-25(30-33-23)21-10-6-7-11-22(21)27/h4-11,17,19,24H,12-16H2,1-3H3,(H,29,32). The first-order chi connectivity index (χ1) is 15.9. The lowest BCUT2D eigenvalue weighted by atomic mass is 9.90. The molecule has 3 aromatic rings. The van der Waals surface area contributed by atoms with E-state index < -0.39 is 0 Å². The van der Waals surface area contributed by atoms with Gasteiger partial charge in [0.2, 0.25) is 17.6 Å². The second kappa shape index (κ2) is 10.5. The molecule has 1 aromatic heterocycles. The number of halogens is 1. The van der Waals surface area contributed by atoms with Crippen LogP contribution in [0.1, 0.15) is 49.7 Å². The highest BCUT2D eigenvalue weighted by atomic mass is 35.5. The van der Waals surface area contributed by atoms with Gasteiger partial charge >= 0.3 is 0 Å². The number of aromatic nitrogens is 2. The molecule has 33 heavy (non-hydrogen) atoms. The van der Waals surface area contributed by atoms with Crippen LogP contribution in [0.4, 0.5) is 0 Å². The van der Waals surface area contributed by atoms with Crippen LogP contribution in [0.25, 0.3) is 11.4 Å². The predicted molar refractivity (Wildman–Crippen MR) is 130 cm³/mol. The van der Waals surface area contributed by atoms with E-state index in [1.807, 2.05) is 36.4 Å². The molecule has 1 atom stereocenters. The quantitative estimate of drug-likeness (QED) is 0.503. The summed E-state index contributed by atoms with van der Waals surface area (Å²) in [5.41, 5.74) is 3.17. The van der Waals surface area contributed by atoms with Gasteiger partial charge in [-0.15, -0.1) is 0 Å². The third kappa shape index (κ3) is 5.63. The lowest BCUT2D eigenvalue weighted by molar-refractivity contribution is -0.127. The number of hydrogen-bond acceptors (Lipinski definition) is 5. The maximum absolute atomic E-state index is 13.1. The normalized spacial score (nSPS) is 16.2. The highest BCUT2D eigenvalue weighted by molar-refractivity contribution is 6.33. The van der Waals surface area contributed by atoms with Gasteiger partial charge < -0.3 is 9.84 Å². The second-order valence-corrected chi connectivity index (χ2v) is 9.54. The van der Waals surface area contributed by atoms with E-state index in [-0.39, 0.29) is 17.9 Å². The van der Waals surface area contributed by atoms with Crippen LogP contribution in [0.3, 0.4) is 0 Å². The Labute approximate surface area is 200 Å². The third-order valence-corrected chi connectivity index (χ3v) is 6.72. The molecule has 1 aliphatic rings. The Kier molecular flexibility index (Phi) is 7.46. The third-order valence-electron chi connectivity index (χ3n) is 6.39. The molecule has 1 fully saturated rings. The van der Waals surface area contributed by atoms with Crippen molar-refractivity contribution in [3.05, 3.63) is 70.6 Å². The molecule has 0 bridgehead atoms. The molecule has 1 amide bonds. The average molecular weight is 467 g/mol. The van der Waals surface area contributed by atoms with Gasteiger partial charge in [0.25, 0.3) is 0 Å². The molecule has 174 valence electrons. The van der Waals surface area contributed by atoms with Crippen molar-refractivity contribution in [1.82, 2.24) is 20.4 Å². The van der Waals surface area contributed by atoms with Gasteiger partial charge in [-0.3, -0.25) is 9.69 Å². The number of hydrogen-bond donors (Lipinski definition) is 1. The molecule has 4 rings (SSSR count). The molecular weight excluding hydrogens is 436 g/mol. The summed E-state index contributed by atoms with van der Waals surface area (Å²) in [7, 11) is 0. The highest BCUT2D eigenvalue weighted by Crippen LogP contribution is 2.28. The Morgan fingerprint density at radius 1 is 1.15 bits per heavy atom. The summed E-state index contributed by atoms with van der Waals surface area (Å²) in [5, 5.41) is 8.00. The van der Waals surface area contributed by atoms with Crippen molar-refractivity contribution in [2.24, 2.45) is 11.8 Å². The van der Waals surface area contributed by atoms with Gasteiger partial charge in [-0.25, -0.2) is 0 Å². The van der Waals surface area contributed by atoms with Gasteiger partial charge in [-0.05, 0) is 62.0 Å². The number of rotatable bonds is 7. The molecule has 0 radical (unpaired) electrons. The minimum absolute atomic E-state index is 0.0212. The fourth-order valence-electron chi connectivity index (χ4n) is 4.43. The number of likely N-dealkylation sites (tertiary alicyclic amines) is 1. The van der Waals surface area contributed by atoms with Gasteiger partial charge in [-0.2, -0.15) is 4.98 Å². The van der Waals surface area contributed by atoms with E-state index in [2.05, 4.69) is 53.3 Å². The fourth-order valence-corrected chi connectivity index (χ4v) is 4.65. The molecule has 1 aliphatic heterocycles. The minimum atomic E-state index is 0.0212. The second-order valence-electron chi connectivity index (χ2n) is 9.13. The van der Waals surface area contributed by atoms with E-state index in [1.165, 1.54) is 11.1 Å². The number of benzene rings is 2. The maximum atomic E-state index is 13.1. The van der Waals surface area contributed by atoms with Gasteiger partial charge in [0.1, 0.15) is 0 Å². The first kappa shape index (κ1) is 23.5. The zero-order valence-electron chi connectivity index (χ0n) is 19.4. The van der Waals surface area contributed by atoms with Crippen molar-refractivity contribution in [1.29, 1.82) is 0 Å². The Balaban J connectivity index is 1.32. The van der Waals surface area contributed by atoms with Crippen LogP contribution in [-0.4, -0.2) is 34.0 Å². The molecule has 1 saturated heterocycles. The zero-order valence-corrected chi connectivity index (χ0v) is 20.2. The van der Waals surface area contributed by atoms with Crippen LogP contribution in [0, 0.1) is 18.8 Å². The number of nitrogens with zero attached hydrogens (tertiary/aromatic N) is 3. The van der Waals surface area contributed by atoms with E-state index in [0.29, 0.717) is 29.2 Å². The van der Waals surface area contributed by atoms with Crippen LogP contribution < -0.4 is 5.32 Å². The molecule has 6 nitrogen and oxygen atoms in total. The van der Waals surface area contributed by atoms with E-state index in [9.17, 15) is 4.79 Å². The maximum Gasteiger partial charge on any atom is 0.241 e. The summed E-state index contributed by atoms with van der Waals surface area (Å²) in [6, 6.07) is 15.8. The Morgan fingerprint density at radius 3 is 2.55 bits per heavy atom. The van der Waals surface area contributed by atoms with Gasteiger partial charge in [0.05, 0.1) is 17.6 Å². The Bertz CT molecular complexity index is 1090. The molecule has 2 aromatic carbocycles.